The molecule has 0 bridgehead atoms. The van der Waals surface area contributed by atoms with Crippen LogP contribution in [0.5, 0.6) is 0 Å². The maximum absolute atomic E-state index is 12.4. The van der Waals surface area contributed by atoms with E-state index >= 15 is 0 Å². The third-order valence-electron chi connectivity index (χ3n) is 8.87. The van der Waals surface area contributed by atoms with Crippen molar-refractivity contribution in [3.8, 4) is 0 Å². The summed E-state index contributed by atoms with van der Waals surface area (Å²) in [6.45, 7) is 5.77. The molecule has 0 radical (unpaired) electrons. The lowest BCUT2D eigenvalue weighted by Crippen LogP contribution is -2.66. The fraction of sp³-hybridized carbons (Fsp3) is 0.818. The average Bonchev–Trinajstić information content (AvgIpc) is 2.56. The molecule has 4 aliphatic rings. The van der Waals surface area contributed by atoms with Crippen molar-refractivity contribution in [1.29, 1.82) is 0 Å². The molecule has 3 fully saturated rings. The van der Waals surface area contributed by atoms with Crippen LogP contribution in [0, 0.1) is 28.6 Å². The number of allylic oxidation sites excluding steroid dienone is 2. The van der Waals surface area contributed by atoms with E-state index in [4.69, 9.17) is 0 Å². The smallest absolute Gasteiger partial charge is 0.161 e. The molecule has 0 saturated heterocycles. The lowest BCUT2D eigenvalue weighted by Gasteiger charge is -2.64. The summed E-state index contributed by atoms with van der Waals surface area (Å²) in [5.74, 6) is 0.763. The van der Waals surface area contributed by atoms with Gasteiger partial charge in [0.2, 0.25) is 0 Å². The van der Waals surface area contributed by atoms with E-state index in [0.29, 0.717) is 25.2 Å². The van der Waals surface area contributed by atoms with Gasteiger partial charge in [0.1, 0.15) is 5.60 Å². The molecule has 4 rings (SSSR count). The molecule has 4 nitrogen and oxygen atoms in total. The highest BCUT2D eigenvalue weighted by molar-refractivity contribution is 5.91. The van der Waals surface area contributed by atoms with E-state index in [1.54, 1.807) is 0 Å². The Hall–Kier alpha value is -1.00. The normalized spacial score (nSPS) is 51.0. The Kier molecular flexibility index (Phi) is 4.06. The Morgan fingerprint density at radius 3 is 2.62 bits per heavy atom. The number of hydrogen-bond donors (Lipinski definition) is 2. The molecular formula is C22H32O4. The molecule has 2 N–H and O–H groups in total. The first kappa shape index (κ1) is 18.4. The van der Waals surface area contributed by atoms with Gasteiger partial charge < -0.3 is 10.2 Å². The third-order valence-corrected chi connectivity index (χ3v) is 8.87. The predicted molar refractivity (Wildman–Crippen MR) is 98.3 cm³/mol. The average molecular weight is 360 g/mol. The number of Topliss-reactive ketones (excluding diaryl/α,β-unsaturated/α-hetero) is 1. The van der Waals surface area contributed by atoms with Crippen LogP contribution in [-0.2, 0) is 9.59 Å². The first-order valence-electron chi connectivity index (χ1n) is 10.3. The topological polar surface area (TPSA) is 74.6 Å². The fourth-order valence-corrected chi connectivity index (χ4v) is 7.48. The molecular weight excluding hydrogens is 328 g/mol. The second-order valence-electron chi connectivity index (χ2n) is 9.89. The second kappa shape index (κ2) is 5.75. The zero-order valence-electron chi connectivity index (χ0n) is 16.3. The van der Waals surface area contributed by atoms with Gasteiger partial charge in [0.15, 0.2) is 11.6 Å². The quantitative estimate of drug-likeness (QED) is 0.753. The molecule has 0 spiro atoms. The third kappa shape index (κ3) is 2.21. The van der Waals surface area contributed by atoms with E-state index < -0.39 is 17.1 Å². The number of rotatable bonds is 1. The molecule has 0 aliphatic heterocycles. The molecule has 7 atom stereocenters. The number of aliphatic hydroxyl groups excluding tert-OH is 1. The maximum Gasteiger partial charge on any atom is 0.161 e. The number of fused-ring (bicyclic) bond motifs is 5. The van der Waals surface area contributed by atoms with E-state index in [1.165, 1.54) is 12.5 Å². The highest BCUT2D eigenvalue weighted by atomic mass is 16.3. The van der Waals surface area contributed by atoms with E-state index in [2.05, 4.69) is 6.92 Å². The first-order valence-corrected chi connectivity index (χ1v) is 10.3. The van der Waals surface area contributed by atoms with Crippen LogP contribution in [0.3, 0.4) is 0 Å². The molecule has 144 valence electrons. The Morgan fingerprint density at radius 2 is 1.92 bits per heavy atom. The van der Waals surface area contributed by atoms with Crippen LogP contribution in [0.4, 0.5) is 0 Å². The van der Waals surface area contributed by atoms with Crippen LogP contribution < -0.4 is 0 Å². The van der Waals surface area contributed by atoms with Crippen molar-refractivity contribution in [3.63, 3.8) is 0 Å². The van der Waals surface area contributed by atoms with E-state index in [1.807, 2.05) is 13.0 Å². The van der Waals surface area contributed by atoms with Crippen LogP contribution in [0.15, 0.2) is 11.6 Å². The molecule has 0 aromatic heterocycles. The first-order chi connectivity index (χ1) is 12.1. The van der Waals surface area contributed by atoms with Gasteiger partial charge in [-0.3, -0.25) is 9.59 Å². The van der Waals surface area contributed by atoms with Crippen molar-refractivity contribution in [3.05, 3.63) is 11.6 Å². The summed E-state index contributed by atoms with van der Waals surface area (Å²) >= 11 is 0. The molecule has 26 heavy (non-hydrogen) atoms. The summed E-state index contributed by atoms with van der Waals surface area (Å²) in [6.07, 6.45) is 7.42. The summed E-state index contributed by atoms with van der Waals surface area (Å²) in [4.78, 5) is 24.3. The Balaban J connectivity index is 1.76. The van der Waals surface area contributed by atoms with Crippen molar-refractivity contribution in [2.24, 2.45) is 28.6 Å². The van der Waals surface area contributed by atoms with Gasteiger partial charge in [-0.2, -0.15) is 0 Å². The van der Waals surface area contributed by atoms with Gasteiger partial charge in [0, 0.05) is 11.8 Å². The second-order valence-corrected chi connectivity index (χ2v) is 9.89. The lowest BCUT2D eigenvalue weighted by molar-refractivity contribution is -0.216. The van der Waals surface area contributed by atoms with Crippen molar-refractivity contribution in [1.82, 2.24) is 0 Å². The Labute approximate surface area is 156 Å². The molecule has 0 heterocycles. The minimum atomic E-state index is -1.32. The number of hydrogen-bond acceptors (Lipinski definition) is 4. The zero-order chi connectivity index (χ0) is 18.9. The van der Waals surface area contributed by atoms with E-state index in [-0.39, 0.29) is 28.8 Å². The van der Waals surface area contributed by atoms with Crippen molar-refractivity contribution in [2.45, 2.75) is 83.8 Å². The van der Waals surface area contributed by atoms with Gasteiger partial charge in [-0.25, -0.2) is 0 Å². The van der Waals surface area contributed by atoms with Gasteiger partial charge in [0.25, 0.3) is 0 Å². The number of carbonyl (C=O) groups excluding carboxylic acids is 2. The van der Waals surface area contributed by atoms with Crippen molar-refractivity contribution in [2.75, 3.05) is 0 Å². The number of ketones is 2. The van der Waals surface area contributed by atoms with E-state index in [9.17, 15) is 19.8 Å². The maximum atomic E-state index is 12.4. The van der Waals surface area contributed by atoms with Gasteiger partial charge >= 0.3 is 0 Å². The zero-order valence-corrected chi connectivity index (χ0v) is 16.3. The van der Waals surface area contributed by atoms with Crippen LogP contribution in [0.1, 0.15) is 72.1 Å². The highest BCUT2D eigenvalue weighted by Crippen LogP contribution is 2.66. The lowest BCUT2D eigenvalue weighted by atomic mass is 9.41. The Morgan fingerprint density at radius 1 is 1.19 bits per heavy atom. The molecule has 4 heteroatoms. The summed E-state index contributed by atoms with van der Waals surface area (Å²) in [6, 6.07) is 0. The summed E-state index contributed by atoms with van der Waals surface area (Å²) in [5.41, 5.74) is -0.778. The number of carbonyl (C=O) groups is 2. The minimum Gasteiger partial charge on any atom is -0.393 e. The van der Waals surface area contributed by atoms with Crippen LogP contribution in [0.25, 0.3) is 0 Å². The highest BCUT2D eigenvalue weighted by Gasteiger charge is 2.65. The number of aliphatic hydroxyl groups is 2. The molecule has 0 aromatic rings. The molecule has 0 aromatic carbocycles. The molecule has 3 saturated carbocycles. The molecule has 4 aliphatic carbocycles. The summed E-state index contributed by atoms with van der Waals surface area (Å²) < 4.78 is 0. The van der Waals surface area contributed by atoms with Crippen LogP contribution in [-0.4, -0.2) is 33.5 Å². The van der Waals surface area contributed by atoms with Gasteiger partial charge in [-0.1, -0.05) is 19.4 Å². The molecule has 6 unspecified atom stereocenters. The monoisotopic (exact) mass is 360 g/mol. The van der Waals surface area contributed by atoms with Crippen molar-refractivity contribution >= 4 is 11.6 Å². The summed E-state index contributed by atoms with van der Waals surface area (Å²) in [7, 11) is 0. The summed E-state index contributed by atoms with van der Waals surface area (Å²) in [5, 5.41) is 22.6. The van der Waals surface area contributed by atoms with Crippen LogP contribution in [0.2, 0.25) is 0 Å². The SMILES string of the molecule is CC(=O)[C@@]1(O)CCCC2C3CCC4=CC(=O)CCC4(C)C3C(O)CC21C. The fourth-order valence-electron chi connectivity index (χ4n) is 7.48. The molecule has 0 amide bonds. The van der Waals surface area contributed by atoms with Gasteiger partial charge in [-0.15, -0.1) is 0 Å². The Bertz CT molecular complexity index is 682. The van der Waals surface area contributed by atoms with E-state index in [0.717, 1.165) is 32.1 Å². The standard InChI is InChI=1S/C22H32O4/c1-13(23)22(26)9-4-5-17-16-7-6-14-11-15(24)8-10-20(14,2)19(16)18(25)12-21(17,22)3/h11,16-19,25-26H,4-10,12H2,1-3H3/t16?,17?,18?,19?,20?,21?,22-/m0/s1. The predicted octanol–water partition coefficient (Wildman–Crippen LogP) is 3.20. The van der Waals surface area contributed by atoms with Gasteiger partial charge in [0.05, 0.1) is 6.10 Å². The van der Waals surface area contributed by atoms with Gasteiger partial charge in [-0.05, 0) is 81.1 Å². The largest absolute Gasteiger partial charge is 0.393 e. The van der Waals surface area contributed by atoms with Crippen LogP contribution >= 0.6 is 0 Å². The minimum absolute atomic E-state index is 0.122. The van der Waals surface area contributed by atoms with Crippen molar-refractivity contribution < 1.29 is 19.8 Å².